The van der Waals surface area contributed by atoms with E-state index in [1.165, 1.54) is 11.1 Å². The maximum Gasteiger partial charge on any atom is 0.0554 e. The van der Waals surface area contributed by atoms with E-state index in [1.54, 1.807) is 5.16 Å². The van der Waals surface area contributed by atoms with E-state index in [1.807, 2.05) is 6.07 Å². The van der Waals surface area contributed by atoms with Crippen molar-refractivity contribution in [2.75, 3.05) is 6.54 Å². The van der Waals surface area contributed by atoms with Crippen LogP contribution in [0.1, 0.15) is 11.1 Å². The second-order valence-electron chi connectivity index (χ2n) is 4.00. The SMILES string of the molecule is N=C=S.c1ccc(CCNCc2ccccc2)cc1. The predicted octanol–water partition coefficient (Wildman–Crippen LogP) is 3.69. The zero-order valence-electron chi connectivity index (χ0n) is 10.8. The number of rotatable bonds is 5. The van der Waals surface area contributed by atoms with Crippen molar-refractivity contribution in [3.8, 4) is 0 Å². The molecule has 0 aliphatic rings. The normalized spacial score (nSPS) is 9.05. The molecule has 0 aliphatic carbocycles. The summed E-state index contributed by atoms with van der Waals surface area (Å²) in [5.74, 6) is 0. The van der Waals surface area contributed by atoms with Gasteiger partial charge in [-0.05, 0) is 36.3 Å². The first-order chi connectivity index (χ1) is 9.36. The van der Waals surface area contributed by atoms with E-state index < -0.39 is 0 Å². The third-order valence-corrected chi connectivity index (χ3v) is 2.61. The topological polar surface area (TPSA) is 35.9 Å². The largest absolute Gasteiger partial charge is 0.312 e. The van der Waals surface area contributed by atoms with Gasteiger partial charge in [0, 0.05) is 6.54 Å². The third kappa shape index (κ3) is 7.27. The van der Waals surface area contributed by atoms with Crippen LogP contribution in [0.2, 0.25) is 0 Å². The van der Waals surface area contributed by atoms with Gasteiger partial charge >= 0.3 is 0 Å². The highest BCUT2D eigenvalue weighted by atomic mass is 32.1. The van der Waals surface area contributed by atoms with E-state index in [-0.39, 0.29) is 0 Å². The van der Waals surface area contributed by atoms with Gasteiger partial charge in [0.25, 0.3) is 0 Å². The molecule has 0 fully saturated rings. The zero-order chi connectivity index (χ0) is 13.8. The molecule has 19 heavy (non-hydrogen) atoms. The summed E-state index contributed by atoms with van der Waals surface area (Å²) in [5.41, 5.74) is 2.73. The van der Waals surface area contributed by atoms with E-state index >= 15 is 0 Å². The summed E-state index contributed by atoms with van der Waals surface area (Å²) in [5, 5.41) is 10.8. The van der Waals surface area contributed by atoms with E-state index in [4.69, 9.17) is 5.41 Å². The van der Waals surface area contributed by atoms with Crippen LogP contribution in [0.4, 0.5) is 0 Å². The molecule has 0 saturated heterocycles. The van der Waals surface area contributed by atoms with Crippen LogP contribution in [0.15, 0.2) is 60.7 Å². The van der Waals surface area contributed by atoms with Crippen LogP contribution in [0.3, 0.4) is 0 Å². The van der Waals surface area contributed by atoms with Crippen molar-refractivity contribution in [1.29, 1.82) is 5.41 Å². The van der Waals surface area contributed by atoms with Crippen LogP contribution in [0.25, 0.3) is 0 Å². The lowest BCUT2D eigenvalue weighted by molar-refractivity contribution is 0.687. The van der Waals surface area contributed by atoms with Gasteiger partial charge in [-0.2, -0.15) is 0 Å². The lowest BCUT2D eigenvalue weighted by atomic mass is 10.1. The van der Waals surface area contributed by atoms with Crippen LogP contribution in [0.5, 0.6) is 0 Å². The van der Waals surface area contributed by atoms with Gasteiger partial charge in [0.1, 0.15) is 0 Å². The first-order valence-electron chi connectivity index (χ1n) is 6.19. The Morgan fingerprint density at radius 3 is 1.89 bits per heavy atom. The fourth-order valence-corrected chi connectivity index (χ4v) is 1.71. The molecule has 0 aromatic heterocycles. The molecule has 2 aromatic rings. The van der Waals surface area contributed by atoms with Gasteiger partial charge in [0.2, 0.25) is 0 Å². The van der Waals surface area contributed by atoms with Gasteiger partial charge in [-0.1, -0.05) is 60.7 Å². The molecule has 0 atom stereocenters. The summed E-state index contributed by atoms with van der Waals surface area (Å²) in [4.78, 5) is 0. The summed E-state index contributed by atoms with van der Waals surface area (Å²) >= 11 is 3.81. The molecule has 0 aliphatic heterocycles. The highest BCUT2D eigenvalue weighted by Gasteiger charge is 1.92. The van der Waals surface area contributed by atoms with Crippen molar-refractivity contribution in [2.45, 2.75) is 13.0 Å². The van der Waals surface area contributed by atoms with Crippen molar-refractivity contribution in [3.63, 3.8) is 0 Å². The van der Waals surface area contributed by atoms with Crippen LogP contribution >= 0.6 is 12.2 Å². The maximum atomic E-state index is 5.77. The molecule has 0 saturated carbocycles. The van der Waals surface area contributed by atoms with Gasteiger partial charge in [-0.3, -0.25) is 0 Å². The van der Waals surface area contributed by atoms with Crippen molar-refractivity contribution in [3.05, 3.63) is 71.8 Å². The summed E-state index contributed by atoms with van der Waals surface area (Å²) in [6.45, 7) is 1.98. The Hall–Kier alpha value is -1.80. The van der Waals surface area contributed by atoms with Crippen LogP contribution in [-0.2, 0) is 13.0 Å². The molecule has 2 N–H and O–H groups in total. The number of nitrogens with one attached hydrogen (secondary N) is 2. The van der Waals surface area contributed by atoms with Crippen LogP contribution in [-0.4, -0.2) is 11.7 Å². The number of hydrogen-bond donors (Lipinski definition) is 2. The molecule has 0 unspecified atom stereocenters. The smallest absolute Gasteiger partial charge is 0.0554 e. The zero-order valence-corrected chi connectivity index (χ0v) is 11.6. The molecule has 2 rings (SSSR count). The van der Waals surface area contributed by atoms with E-state index in [0.717, 1.165) is 19.5 Å². The van der Waals surface area contributed by atoms with Crippen molar-refractivity contribution in [2.24, 2.45) is 0 Å². The van der Waals surface area contributed by atoms with Crippen molar-refractivity contribution < 1.29 is 0 Å². The Balaban J connectivity index is 0.000000550. The number of isothiocyanates is 1. The van der Waals surface area contributed by atoms with Gasteiger partial charge in [-0.15, -0.1) is 0 Å². The summed E-state index contributed by atoms with van der Waals surface area (Å²) in [7, 11) is 0. The fraction of sp³-hybridized carbons (Fsp3) is 0.188. The van der Waals surface area contributed by atoms with Gasteiger partial charge in [0.05, 0.1) is 5.16 Å². The predicted molar refractivity (Wildman–Crippen MR) is 83.6 cm³/mol. The molecule has 0 heterocycles. The minimum Gasteiger partial charge on any atom is -0.312 e. The third-order valence-electron chi connectivity index (χ3n) is 2.61. The van der Waals surface area contributed by atoms with Crippen molar-refractivity contribution in [1.82, 2.24) is 5.32 Å². The Kier molecular flexibility index (Phi) is 8.15. The molecule has 0 amide bonds. The number of benzene rings is 2. The van der Waals surface area contributed by atoms with Gasteiger partial charge in [-0.25, -0.2) is 5.41 Å². The van der Waals surface area contributed by atoms with Crippen LogP contribution in [0, 0.1) is 5.41 Å². The molecule has 2 aromatic carbocycles. The Bertz CT molecular complexity index is 435. The minimum absolute atomic E-state index is 0.952. The molecule has 98 valence electrons. The van der Waals surface area contributed by atoms with Gasteiger partial charge in [0.15, 0.2) is 0 Å². The molecular weight excluding hydrogens is 252 g/mol. The average molecular weight is 270 g/mol. The summed E-state index contributed by atoms with van der Waals surface area (Å²) in [6.07, 6.45) is 1.09. The molecule has 0 radical (unpaired) electrons. The lowest BCUT2D eigenvalue weighted by Crippen LogP contribution is -2.16. The Labute approximate surface area is 120 Å². The summed E-state index contributed by atoms with van der Waals surface area (Å²) in [6, 6.07) is 21.1. The fourth-order valence-electron chi connectivity index (χ4n) is 1.71. The Morgan fingerprint density at radius 2 is 1.37 bits per heavy atom. The maximum absolute atomic E-state index is 5.77. The van der Waals surface area contributed by atoms with Gasteiger partial charge < -0.3 is 5.32 Å². The lowest BCUT2D eigenvalue weighted by Gasteiger charge is -2.04. The molecule has 0 bridgehead atoms. The quantitative estimate of drug-likeness (QED) is 0.494. The average Bonchev–Trinajstić information content (AvgIpc) is 2.47. The molecular formula is C16H18N2S. The van der Waals surface area contributed by atoms with E-state index in [9.17, 15) is 0 Å². The highest BCUT2D eigenvalue weighted by molar-refractivity contribution is 7.78. The first kappa shape index (κ1) is 15.3. The van der Waals surface area contributed by atoms with Crippen LogP contribution < -0.4 is 5.32 Å². The minimum atomic E-state index is 0.952. The monoisotopic (exact) mass is 270 g/mol. The van der Waals surface area contributed by atoms with Crippen molar-refractivity contribution >= 4 is 17.4 Å². The first-order valence-corrected chi connectivity index (χ1v) is 6.60. The Morgan fingerprint density at radius 1 is 0.895 bits per heavy atom. The highest BCUT2D eigenvalue weighted by Crippen LogP contribution is 2.00. The standard InChI is InChI=1S/C15H17N.CHNS/c1-3-7-14(8-4-1)11-12-16-13-15-9-5-2-6-10-15;2-1-3/h1-10,16H,11-13H2;2H. The molecule has 0 spiro atoms. The second-order valence-corrected chi connectivity index (χ2v) is 4.20. The second kappa shape index (κ2) is 10.2. The summed E-state index contributed by atoms with van der Waals surface area (Å²) < 4.78 is 0. The molecule has 2 nitrogen and oxygen atoms in total. The van der Waals surface area contributed by atoms with E-state index in [0.29, 0.717) is 0 Å². The van der Waals surface area contributed by atoms with E-state index in [2.05, 4.69) is 72.1 Å². The number of hydrogen-bond acceptors (Lipinski definition) is 3. The number of thiocarbonyl (C=S) groups is 1. The molecule has 3 heteroatoms.